The number of morpholine rings is 1. The molecule has 4 nitrogen and oxygen atoms in total. The van der Waals surface area contributed by atoms with E-state index in [1.807, 2.05) is 13.8 Å². The molecule has 37 heavy (non-hydrogen) atoms. The summed E-state index contributed by atoms with van der Waals surface area (Å²) in [5.41, 5.74) is 6.77. The van der Waals surface area contributed by atoms with Crippen LogP contribution in [0.25, 0.3) is 0 Å². The Morgan fingerprint density at radius 1 is 0.973 bits per heavy atom. The van der Waals surface area contributed by atoms with Crippen LogP contribution in [0.1, 0.15) is 105 Å². The van der Waals surface area contributed by atoms with E-state index in [-0.39, 0.29) is 11.4 Å². The van der Waals surface area contributed by atoms with Gasteiger partial charge in [-0.15, -0.1) is 0 Å². The molecular weight excluding hydrogens is 458 g/mol. The lowest BCUT2D eigenvalue weighted by molar-refractivity contribution is 0.0327. The molecule has 1 aromatic carbocycles. The van der Waals surface area contributed by atoms with Crippen molar-refractivity contribution in [2.75, 3.05) is 26.3 Å². The number of rotatable bonds is 11. The second-order valence-corrected chi connectivity index (χ2v) is 11.5. The standard InChI is InChI=1S/C33H51NO3/c1-24(2)11-8-12-25(3)13-9-14-26(4)15-10-17-33(7)18-16-29-30(23-34-19-21-36-22-20-34)31(35)27(5)28(6)32(29)37-33/h11,13,15,35H,8-10,12,14,16-23H2,1-7H3/b25-13+,26-15+/t33-/m1/s1/i23D2. The third-order valence-electron chi connectivity index (χ3n) is 7.89. The summed E-state index contributed by atoms with van der Waals surface area (Å²) in [5, 5.41) is 11.1. The monoisotopic (exact) mass is 511 g/mol. The molecule has 1 saturated heterocycles. The average Bonchev–Trinajstić information content (AvgIpc) is 2.88. The summed E-state index contributed by atoms with van der Waals surface area (Å²) in [4.78, 5) is 1.78. The van der Waals surface area contributed by atoms with Gasteiger partial charge in [-0.1, -0.05) is 34.9 Å². The number of nitrogens with zero attached hydrogens (tertiary/aromatic N) is 1. The third-order valence-corrected chi connectivity index (χ3v) is 7.89. The fourth-order valence-corrected chi connectivity index (χ4v) is 5.17. The summed E-state index contributed by atoms with van der Waals surface area (Å²) in [6, 6.07) is 0. The van der Waals surface area contributed by atoms with E-state index in [0.29, 0.717) is 43.9 Å². The topological polar surface area (TPSA) is 41.9 Å². The highest BCUT2D eigenvalue weighted by molar-refractivity contribution is 5.59. The van der Waals surface area contributed by atoms with Gasteiger partial charge in [0.05, 0.1) is 13.2 Å². The molecule has 4 heteroatoms. The third kappa shape index (κ3) is 8.48. The highest BCUT2D eigenvalue weighted by atomic mass is 16.5. The Morgan fingerprint density at radius 3 is 2.24 bits per heavy atom. The van der Waals surface area contributed by atoms with E-state index in [1.165, 1.54) is 16.7 Å². The first kappa shape index (κ1) is 26.6. The Morgan fingerprint density at radius 2 is 1.59 bits per heavy atom. The molecule has 2 heterocycles. The number of benzene rings is 1. The van der Waals surface area contributed by atoms with Gasteiger partial charge in [0.25, 0.3) is 0 Å². The van der Waals surface area contributed by atoms with Crippen molar-refractivity contribution in [3.8, 4) is 11.5 Å². The van der Waals surface area contributed by atoms with Gasteiger partial charge in [0.1, 0.15) is 17.1 Å². The molecular formula is C33H51NO3. The SMILES string of the molecule is [2H]C([2H])(c1c(O)c(C)c(C)c2c1CC[C@@](C)(CC/C=C(\C)CC/C=C(\C)CCC=C(C)C)O2)N1CCOCC1. The summed E-state index contributed by atoms with van der Waals surface area (Å²) in [6.45, 7) is 15.0. The number of phenols is 1. The van der Waals surface area contributed by atoms with Crippen molar-refractivity contribution in [3.63, 3.8) is 0 Å². The number of hydrogen-bond acceptors (Lipinski definition) is 4. The molecule has 1 aromatic rings. The van der Waals surface area contributed by atoms with Crippen molar-refractivity contribution < 1.29 is 17.3 Å². The molecule has 0 amide bonds. The predicted molar refractivity (Wildman–Crippen MR) is 156 cm³/mol. The largest absolute Gasteiger partial charge is 0.507 e. The number of phenolic OH excluding ortho intramolecular Hbond substituents is 1. The summed E-state index contributed by atoms with van der Waals surface area (Å²) in [6.07, 6.45) is 14.8. The number of ether oxygens (including phenoxy) is 2. The Balaban J connectivity index is 1.67. The summed E-state index contributed by atoms with van der Waals surface area (Å²) in [5.74, 6) is 0.829. The molecule has 3 rings (SSSR count). The molecule has 0 bridgehead atoms. The molecule has 0 unspecified atom stereocenters. The first-order valence-corrected chi connectivity index (χ1v) is 14.2. The minimum absolute atomic E-state index is 0.0646. The fourth-order valence-electron chi connectivity index (χ4n) is 5.17. The number of allylic oxidation sites excluding steroid dienone is 6. The van der Waals surface area contributed by atoms with E-state index in [0.717, 1.165) is 61.8 Å². The van der Waals surface area contributed by atoms with Gasteiger partial charge in [-0.3, -0.25) is 4.90 Å². The maximum Gasteiger partial charge on any atom is 0.127 e. The van der Waals surface area contributed by atoms with Crippen LogP contribution in [0.2, 0.25) is 0 Å². The number of aromatic hydroxyl groups is 1. The van der Waals surface area contributed by atoms with Crippen LogP contribution < -0.4 is 4.74 Å². The van der Waals surface area contributed by atoms with Crippen molar-refractivity contribution in [3.05, 3.63) is 57.2 Å². The first-order valence-electron chi connectivity index (χ1n) is 15.2. The quantitative estimate of drug-likeness (QED) is 0.305. The second kappa shape index (κ2) is 13.7. The van der Waals surface area contributed by atoms with Crippen LogP contribution in [-0.2, 0) is 17.7 Å². The zero-order valence-electron chi connectivity index (χ0n) is 26.4. The molecule has 1 atom stereocenters. The van der Waals surface area contributed by atoms with Crippen LogP contribution in [0.5, 0.6) is 11.5 Å². The lowest BCUT2D eigenvalue weighted by atomic mass is 9.84. The number of fused-ring (bicyclic) bond motifs is 1. The molecule has 2 aliphatic heterocycles. The average molecular weight is 512 g/mol. The lowest BCUT2D eigenvalue weighted by Gasteiger charge is -2.39. The Labute approximate surface area is 229 Å². The van der Waals surface area contributed by atoms with Gasteiger partial charge in [-0.2, -0.15) is 0 Å². The molecule has 0 radical (unpaired) electrons. The van der Waals surface area contributed by atoms with Gasteiger partial charge in [-0.25, -0.2) is 0 Å². The molecule has 1 N–H and O–H groups in total. The lowest BCUT2D eigenvalue weighted by Crippen LogP contribution is -2.38. The van der Waals surface area contributed by atoms with Gasteiger partial charge in [0.15, 0.2) is 0 Å². The van der Waals surface area contributed by atoms with Crippen LogP contribution in [0, 0.1) is 13.8 Å². The van der Waals surface area contributed by atoms with Crippen molar-refractivity contribution in [1.29, 1.82) is 0 Å². The Bertz CT molecular complexity index is 1090. The second-order valence-electron chi connectivity index (χ2n) is 11.5. The Hall–Kier alpha value is -2.04. The van der Waals surface area contributed by atoms with E-state index < -0.39 is 6.50 Å². The van der Waals surface area contributed by atoms with Gasteiger partial charge < -0.3 is 14.6 Å². The smallest absolute Gasteiger partial charge is 0.127 e. The first-order chi connectivity index (χ1) is 18.4. The van der Waals surface area contributed by atoms with E-state index in [1.54, 1.807) is 4.90 Å². The minimum atomic E-state index is -1.79. The summed E-state index contributed by atoms with van der Waals surface area (Å²) in [7, 11) is 0. The van der Waals surface area contributed by atoms with E-state index in [2.05, 4.69) is 52.8 Å². The highest BCUT2D eigenvalue weighted by Gasteiger charge is 2.35. The molecule has 0 spiro atoms. The van der Waals surface area contributed by atoms with Crippen LogP contribution in [0.3, 0.4) is 0 Å². The van der Waals surface area contributed by atoms with Crippen LogP contribution >= 0.6 is 0 Å². The van der Waals surface area contributed by atoms with Crippen molar-refractivity contribution >= 4 is 0 Å². The van der Waals surface area contributed by atoms with Gasteiger partial charge in [0.2, 0.25) is 0 Å². The molecule has 206 valence electrons. The summed E-state index contributed by atoms with van der Waals surface area (Å²) < 4.78 is 30.2. The molecule has 0 aliphatic carbocycles. The highest BCUT2D eigenvalue weighted by Crippen LogP contribution is 2.45. The predicted octanol–water partition coefficient (Wildman–Crippen LogP) is 8.12. The molecule has 0 saturated carbocycles. The maximum atomic E-state index is 11.1. The zero-order valence-corrected chi connectivity index (χ0v) is 24.4. The van der Waals surface area contributed by atoms with Crippen LogP contribution in [0.15, 0.2) is 34.9 Å². The van der Waals surface area contributed by atoms with Crippen LogP contribution in [-0.4, -0.2) is 41.9 Å². The maximum absolute atomic E-state index is 11.1. The van der Waals surface area contributed by atoms with Crippen molar-refractivity contribution in [2.24, 2.45) is 0 Å². The minimum Gasteiger partial charge on any atom is -0.507 e. The van der Waals surface area contributed by atoms with Gasteiger partial charge in [0, 0.05) is 33.5 Å². The molecule has 1 fully saturated rings. The van der Waals surface area contributed by atoms with E-state index in [4.69, 9.17) is 12.2 Å². The normalized spacial score (nSPS) is 22.1. The summed E-state index contributed by atoms with van der Waals surface area (Å²) >= 11 is 0. The van der Waals surface area contributed by atoms with Gasteiger partial charge in [-0.05, 0) is 111 Å². The van der Waals surface area contributed by atoms with Crippen LogP contribution in [0.4, 0.5) is 0 Å². The fraction of sp³-hybridized carbons (Fsp3) is 0.636. The van der Waals surface area contributed by atoms with E-state index in [9.17, 15) is 5.11 Å². The zero-order chi connectivity index (χ0) is 28.8. The van der Waals surface area contributed by atoms with Crippen molar-refractivity contribution in [2.45, 2.75) is 112 Å². The molecule has 0 aromatic heterocycles. The Kier molecular flexibility index (Phi) is 9.81. The molecule has 2 aliphatic rings. The number of hydrogen-bond donors (Lipinski definition) is 1. The van der Waals surface area contributed by atoms with E-state index >= 15 is 0 Å². The van der Waals surface area contributed by atoms with Gasteiger partial charge >= 0.3 is 0 Å². The van der Waals surface area contributed by atoms with Crippen molar-refractivity contribution in [1.82, 2.24) is 4.90 Å².